The molecule has 0 saturated heterocycles. The van der Waals surface area contributed by atoms with Crippen LogP contribution in [-0.4, -0.2) is 27.2 Å². The van der Waals surface area contributed by atoms with Crippen molar-refractivity contribution in [3.8, 4) is 0 Å². The van der Waals surface area contributed by atoms with Gasteiger partial charge in [0.15, 0.2) is 0 Å². The molecule has 1 aromatic carbocycles. The van der Waals surface area contributed by atoms with Gasteiger partial charge in [0.1, 0.15) is 5.82 Å². The molecule has 19 heavy (non-hydrogen) atoms. The van der Waals surface area contributed by atoms with Crippen LogP contribution in [0.1, 0.15) is 20.3 Å². The predicted octanol–water partition coefficient (Wildman–Crippen LogP) is 1.49. The molecule has 0 saturated carbocycles. The molecule has 1 aromatic heterocycles. The zero-order chi connectivity index (χ0) is 13.9. The van der Waals surface area contributed by atoms with E-state index in [0.717, 1.165) is 10.9 Å². The van der Waals surface area contributed by atoms with Crippen LogP contribution >= 0.6 is 0 Å². The minimum Gasteiger partial charge on any atom is -0.396 e. The lowest BCUT2D eigenvalue weighted by molar-refractivity contribution is 0.260. The fourth-order valence-corrected chi connectivity index (χ4v) is 1.90. The van der Waals surface area contributed by atoms with Gasteiger partial charge in [0.05, 0.1) is 5.52 Å². The molecule has 0 unspecified atom stereocenters. The van der Waals surface area contributed by atoms with E-state index in [1.54, 1.807) is 0 Å². The highest BCUT2D eigenvalue weighted by Crippen LogP contribution is 2.25. The van der Waals surface area contributed by atoms with E-state index in [0.29, 0.717) is 18.2 Å². The molecule has 0 bridgehead atoms. The summed E-state index contributed by atoms with van der Waals surface area (Å²) in [5.74, 6) is 6.46. The van der Waals surface area contributed by atoms with Gasteiger partial charge in [0.2, 0.25) is 5.95 Å². The van der Waals surface area contributed by atoms with Gasteiger partial charge in [-0.2, -0.15) is 4.98 Å². The van der Waals surface area contributed by atoms with Crippen LogP contribution in [0.25, 0.3) is 10.9 Å². The summed E-state index contributed by atoms with van der Waals surface area (Å²) < 4.78 is 0. The Kier molecular flexibility index (Phi) is 3.82. The number of hydrazine groups is 1. The number of aliphatic hydroxyl groups is 1. The molecular formula is C13H19N5O. The van der Waals surface area contributed by atoms with Gasteiger partial charge in [-0.05, 0) is 32.4 Å². The maximum absolute atomic E-state index is 9.09. The number of hydrogen-bond acceptors (Lipinski definition) is 6. The maximum atomic E-state index is 9.09. The summed E-state index contributed by atoms with van der Waals surface area (Å²) >= 11 is 0. The summed E-state index contributed by atoms with van der Waals surface area (Å²) in [5, 5.41) is 13.3. The van der Waals surface area contributed by atoms with Crippen LogP contribution in [0.15, 0.2) is 24.3 Å². The monoisotopic (exact) mass is 261 g/mol. The van der Waals surface area contributed by atoms with Gasteiger partial charge in [-0.1, -0.05) is 12.1 Å². The molecule has 0 radical (unpaired) electrons. The van der Waals surface area contributed by atoms with Crippen molar-refractivity contribution < 1.29 is 5.11 Å². The number of fused-ring (bicyclic) bond motifs is 1. The molecular weight excluding hydrogens is 242 g/mol. The van der Waals surface area contributed by atoms with Crippen LogP contribution in [0.2, 0.25) is 0 Å². The molecule has 0 aliphatic heterocycles. The lowest BCUT2D eigenvalue weighted by Gasteiger charge is -2.26. The van der Waals surface area contributed by atoms with E-state index in [1.807, 2.05) is 38.1 Å². The smallest absolute Gasteiger partial charge is 0.239 e. The number of rotatable bonds is 5. The number of hydrogen-bond donors (Lipinski definition) is 4. The number of nitrogen functional groups attached to an aromatic ring is 1. The lowest BCUT2D eigenvalue weighted by atomic mass is 10.0. The standard InChI is InChI=1S/C13H19N5O/c1-13(2,7-8-19)17-11-9-5-3-4-6-10(9)15-12(16-11)18-14/h3-6,19H,7-8,14H2,1-2H3,(H2,15,16,17,18). The number of para-hydroxylation sites is 1. The number of nitrogens with one attached hydrogen (secondary N) is 2. The first-order valence-electron chi connectivity index (χ1n) is 6.18. The Morgan fingerprint density at radius 2 is 2.00 bits per heavy atom. The first-order valence-corrected chi connectivity index (χ1v) is 6.18. The third-order valence-electron chi connectivity index (χ3n) is 2.93. The Hall–Kier alpha value is -1.92. The number of aliphatic hydroxyl groups excluding tert-OH is 1. The average molecular weight is 261 g/mol. The van der Waals surface area contributed by atoms with Gasteiger partial charge < -0.3 is 10.4 Å². The molecule has 0 atom stereocenters. The number of anilines is 2. The van der Waals surface area contributed by atoms with E-state index in [-0.39, 0.29) is 12.1 Å². The minimum absolute atomic E-state index is 0.116. The van der Waals surface area contributed by atoms with E-state index in [2.05, 4.69) is 20.7 Å². The largest absolute Gasteiger partial charge is 0.396 e. The SMILES string of the molecule is CC(C)(CCO)Nc1nc(NN)nc2ccccc12. The number of aromatic nitrogens is 2. The second-order valence-electron chi connectivity index (χ2n) is 5.04. The third-order valence-corrected chi connectivity index (χ3v) is 2.93. The molecule has 1 heterocycles. The molecule has 6 nitrogen and oxygen atoms in total. The molecule has 5 N–H and O–H groups in total. The first kappa shape index (κ1) is 13.5. The van der Waals surface area contributed by atoms with Crippen LogP contribution in [0.3, 0.4) is 0 Å². The Bertz CT molecular complexity index is 570. The molecule has 102 valence electrons. The second kappa shape index (κ2) is 5.38. The van der Waals surface area contributed by atoms with Gasteiger partial charge in [0.25, 0.3) is 0 Å². The number of nitrogens with two attached hydrogens (primary N) is 1. The fourth-order valence-electron chi connectivity index (χ4n) is 1.90. The van der Waals surface area contributed by atoms with E-state index in [1.165, 1.54) is 0 Å². The molecule has 2 aromatic rings. The lowest BCUT2D eigenvalue weighted by Crippen LogP contribution is -2.32. The molecule has 0 fully saturated rings. The Balaban J connectivity index is 2.46. The van der Waals surface area contributed by atoms with Gasteiger partial charge in [-0.15, -0.1) is 0 Å². The van der Waals surface area contributed by atoms with Crippen LogP contribution in [0.5, 0.6) is 0 Å². The van der Waals surface area contributed by atoms with E-state index >= 15 is 0 Å². The van der Waals surface area contributed by atoms with Crippen molar-refractivity contribution in [2.45, 2.75) is 25.8 Å². The van der Waals surface area contributed by atoms with E-state index < -0.39 is 0 Å². The normalized spacial score (nSPS) is 11.6. The Morgan fingerprint density at radius 3 is 2.68 bits per heavy atom. The highest BCUT2D eigenvalue weighted by molar-refractivity contribution is 5.90. The van der Waals surface area contributed by atoms with E-state index in [4.69, 9.17) is 10.9 Å². The zero-order valence-corrected chi connectivity index (χ0v) is 11.1. The zero-order valence-electron chi connectivity index (χ0n) is 11.1. The van der Waals surface area contributed by atoms with Gasteiger partial charge in [-0.25, -0.2) is 10.8 Å². The highest BCUT2D eigenvalue weighted by atomic mass is 16.3. The van der Waals surface area contributed by atoms with Crippen molar-refractivity contribution in [1.82, 2.24) is 9.97 Å². The van der Waals surface area contributed by atoms with Gasteiger partial charge in [0, 0.05) is 17.5 Å². The Morgan fingerprint density at radius 1 is 1.26 bits per heavy atom. The summed E-state index contributed by atoms with van der Waals surface area (Å²) in [6.45, 7) is 4.14. The summed E-state index contributed by atoms with van der Waals surface area (Å²) in [6, 6.07) is 7.71. The summed E-state index contributed by atoms with van der Waals surface area (Å²) in [4.78, 5) is 8.64. The molecule has 6 heteroatoms. The van der Waals surface area contributed by atoms with Crippen LogP contribution in [-0.2, 0) is 0 Å². The average Bonchev–Trinajstić information content (AvgIpc) is 2.38. The van der Waals surface area contributed by atoms with Crippen molar-refractivity contribution in [1.29, 1.82) is 0 Å². The van der Waals surface area contributed by atoms with Gasteiger partial charge in [-0.3, -0.25) is 5.43 Å². The quantitative estimate of drug-likeness (QED) is 0.481. The number of nitrogens with zero attached hydrogens (tertiary/aromatic N) is 2. The topological polar surface area (TPSA) is 96.1 Å². The highest BCUT2D eigenvalue weighted by Gasteiger charge is 2.19. The summed E-state index contributed by atoms with van der Waals surface area (Å²) in [7, 11) is 0. The maximum Gasteiger partial charge on any atom is 0.239 e. The van der Waals surface area contributed by atoms with Gasteiger partial charge >= 0.3 is 0 Å². The van der Waals surface area contributed by atoms with Crippen LogP contribution in [0.4, 0.5) is 11.8 Å². The van der Waals surface area contributed by atoms with Crippen molar-refractivity contribution in [2.75, 3.05) is 17.3 Å². The first-order chi connectivity index (χ1) is 9.05. The Labute approximate surface area is 112 Å². The molecule has 0 aliphatic carbocycles. The van der Waals surface area contributed by atoms with Crippen molar-refractivity contribution in [3.63, 3.8) is 0 Å². The van der Waals surface area contributed by atoms with Crippen LogP contribution in [0, 0.1) is 0 Å². The minimum atomic E-state index is -0.266. The van der Waals surface area contributed by atoms with Crippen molar-refractivity contribution >= 4 is 22.7 Å². The predicted molar refractivity (Wildman–Crippen MR) is 76.8 cm³/mol. The second-order valence-corrected chi connectivity index (χ2v) is 5.04. The molecule has 0 spiro atoms. The van der Waals surface area contributed by atoms with Crippen LogP contribution < -0.4 is 16.6 Å². The third kappa shape index (κ3) is 3.10. The summed E-state index contributed by atoms with van der Waals surface area (Å²) in [5.41, 5.74) is 3.01. The summed E-state index contributed by atoms with van der Waals surface area (Å²) in [6.07, 6.45) is 0.622. The molecule has 2 rings (SSSR count). The fraction of sp³-hybridized carbons (Fsp3) is 0.385. The van der Waals surface area contributed by atoms with E-state index in [9.17, 15) is 0 Å². The van der Waals surface area contributed by atoms with Crippen molar-refractivity contribution in [3.05, 3.63) is 24.3 Å². The molecule has 0 aliphatic rings. The van der Waals surface area contributed by atoms with Crippen molar-refractivity contribution in [2.24, 2.45) is 5.84 Å². The number of benzene rings is 1. The molecule has 0 amide bonds.